The number of anilines is 1. The van der Waals surface area contributed by atoms with E-state index in [0.717, 1.165) is 16.8 Å². The Morgan fingerprint density at radius 2 is 2.05 bits per heavy atom. The Kier molecular flexibility index (Phi) is 4.42. The van der Waals surface area contributed by atoms with Crippen molar-refractivity contribution in [2.45, 2.75) is 13.5 Å². The minimum absolute atomic E-state index is 0.0952. The molecule has 5 heteroatoms. The molecular formula is C16H18FN3O. The fourth-order valence-corrected chi connectivity index (χ4v) is 2.19. The molecule has 21 heavy (non-hydrogen) atoms. The molecule has 0 radical (unpaired) electrons. The Hall–Kier alpha value is -2.56. The van der Waals surface area contributed by atoms with Gasteiger partial charge in [0, 0.05) is 24.8 Å². The molecule has 0 aliphatic carbocycles. The van der Waals surface area contributed by atoms with Crippen LogP contribution in [0.3, 0.4) is 0 Å². The van der Waals surface area contributed by atoms with Crippen molar-refractivity contribution in [3.63, 3.8) is 0 Å². The van der Waals surface area contributed by atoms with Crippen LogP contribution in [0.1, 0.15) is 16.7 Å². The number of oxime groups is 1. The molecule has 0 bridgehead atoms. The number of nitrogens with zero attached hydrogens (tertiary/aromatic N) is 2. The second-order valence-electron chi connectivity index (χ2n) is 4.98. The van der Waals surface area contributed by atoms with E-state index >= 15 is 0 Å². The van der Waals surface area contributed by atoms with Gasteiger partial charge in [0.1, 0.15) is 5.82 Å². The van der Waals surface area contributed by atoms with E-state index in [2.05, 4.69) is 11.2 Å². The molecule has 2 aromatic rings. The third-order valence-corrected chi connectivity index (χ3v) is 3.31. The van der Waals surface area contributed by atoms with Crippen LogP contribution < -0.4 is 10.6 Å². The van der Waals surface area contributed by atoms with Gasteiger partial charge < -0.3 is 15.8 Å². The van der Waals surface area contributed by atoms with E-state index in [9.17, 15) is 4.39 Å². The first-order valence-electron chi connectivity index (χ1n) is 6.55. The van der Waals surface area contributed by atoms with Crippen molar-refractivity contribution in [1.29, 1.82) is 0 Å². The van der Waals surface area contributed by atoms with Crippen molar-refractivity contribution in [2.75, 3.05) is 11.9 Å². The Balaban J connectivity index is 2.31. The summed E-state index contributed by atoms with van der Waals surface area (Å²) in [6.07, 6.45) is 0. The predicted molar refractivity (Wildman–Crippen MR) is 82.2 cm³/mol. The first-order valence-corrected chi connectivity index (χ1v) is 6.55. The lowest BCUT2D eigenvalue weighted by atomic mass is 10.1. The summed E-state index contributed by atoms with van der Waals surface area (Å²) in [4.78, 5) is 2.02. The van der Waals surface area contributed by atoms with Gasteiger partial charge in [-0.1, -0.05) is 23.4 Å². The summed E-state index contributed by atoms with van der Waals surface area (Å²) in [7, 11) is 1.94. The lowest BCUT2D eigenvalue weighted by molar-refractivity contribution is 0.318. The minimum atomic E-state index is -0.418. The number of rotatable bonds is 4. The molecule has 3 N–H and O–H groups in total. The second kappa shape index (κ2) is 6.26. The summed E-state index contributed by atoms with van der Waals surface area (Å²) < 4.78 is 13.4. The number of hydrogen-bond donors (Lipinski definition) is 2. The first-order chi connectivity index (χ1) is 10.0. The van der Waals surface area contributed by atoms with Crippen molar-refractivity contribution in [3.8, 4) is 0 Å². The largest absolute Gasteiger partial charge is 0.409 e. The zero-order chi connectivity index (χ0) is 15.4. The Morgan fingerprint density at radius 3 is 2.71 bits per heavy atom. The molecule has 0 saturated carbocycles. The van der Waals surface area contributed by atoms with Gasteiger partial charge in [-0.15, -0.1) is 0 Å². The highest BCUT2D eigenvalue weighted by atomic mass is 19.1. The van der Waals surface area contributed by atoms with Crippen LogP contribution in [0.25, 0.3) is 0 Å². The molecule has 110 valence electrons. The third kappa shape index (κ3) is 3.51. The summed E-state index contributed by atoms with van der Waals surface area (Å²) in [5.41, 5.74) is 9.01. The number of aryl methyl sites for hydroxylation is 1. The molecular weight excluding hydrogens is 269 g/mol. The van der Waals surface area contributed by atoms with Crippen LogP contribution >= 0.6 is 0 Å². The van der Waals surface area contributed by atoms with E-state index in [0.29, 0.717) is 12.1 Å². The smallest absolute Gasteiger partial charge is 0.170 e. The van der Waals surface area contributed by atoms with Crippen molar-refractivity contribution in [3.05, 3.63) is 65.0 Å². The predicted octanol–water partition coefficient (Wildman–Crippen LogP) is 2.87. The van der Waals surface area contributed by atoms with E-state index in [1.165, 1.54) is 12.1 Å². The topological polar surface area (TPSA) is 61.8 Å². The van der Waals surface area contributed by atoms with Gasteiger partial charge in [0.05, 0.1) is 0 Å². The maximum Gasteiger partial charge on any atom is 0.170 e. The SMILES string of the molecule is Cc1cccc(N(C)Cc2ccc(F)cc2C(N)=NO)c1. The van der Waals surface area contributed by atoms with Crippen LogP contribution in [0, 0.1) is 12.7 Å². The first kappa shape index (κ1) is 14.8. The lowest BCUT2D eigenvalue weighted by Gasteiger charge is -2.21. The normalized spacial score (nSPS) is 11.5. The highest BCUT2D eigenvalue weighted by molar-refractivity contribution is 5.98. The summed E-state index contributed by atoms with van der Waals surface area (Å²) in [5, 5.41) is 11.8. The second-order valence-corrected chi connectivity index (χ2v) is 4.98. The summed E-state index contributed by atoms with van der Waals surface area (Å²) >= 11 is 0. The molecule has 0 fully saturated rings. The van der Waals surface area contributed by atoms with Crippen LogP contribution in [0.4, 0.5) is 10.1 Å². The standard InChI is InChI=1S/C16H18FN3O/c1-11-4-3-5-14(8-11)20(2)10-12-6-7-13(17)9-15(12)16(18)19-21/h3-9,21H,10H2,1-2H3,(H2,18,19). The molecule has 4 nitrogen and oxygen atoms in total. The lowest BCUT2D eigenvalue weighted by Crippen LogP contribution is -2.21. The molecule has 0 amide bonds. The van der Waals surface area contributed by atoms with Gasteiger partial charge in [0.25, 0.3) is 0 Å². The van der Waals surface area contributed by atoms with E-state index in [-0.39, 0.29) is 5.84 Å². The van der Waals surface area contributed by atoms with Crippen LogP contribution in [-0.4, -0.2) is 18.1 Å². The van der Waals surface area contributed by atoms with Crippen molar-refractivity contribution in [2.24, 2.45) is 10.9 Å². The summed E-state index contributed by atoms with van der Waals surface area (Å²) in [5.74, 6) is -0.513. The molecule has 0 spiro atoms. The van der Waals surface area contributed by atoms with Crippen LogP contribution in [0.15, 0.2) is 47.6 Å². The van der Waals surface area contributed by atoms with Crippen LogP contribution in [0.5, 0.6) is 0 Å². The molecule has 0 atom stereocenters. The minimum Gasteiger partial charge on any atom is -0.409 e. The van der Waals surface area contributed by atoms with Gasteiger partial charge >= 0.3 is 0 Å². The Labute approximate surface area is 123 Å². The van der Waals surface area contributed by atoms with Gasteiger partial charge in [-0.2, -0.15) is 0 Å². The monoisotopic (exact) mass is 287 g/mol. The fraction of sp³-hybridized carbons (Fsp3) is 0.188. The maximum absolute atomic E-state index is 13.4. The van der Waals surface area contributed by atoms with Gasteiger partial charge in [0.2, 0.25) is 0 Å². The molecule has 0 heterocycles. The van der Waals surface area contributed by atoms with E-state index in [1.54, 1.807) is 6.07 Å². The van der Waals surface area contributed by atoms with Gasteiger partial charge in [-0.05, 0) is 42.3 Å². The third-order valence-electron chi connectivity index (χ3n) is 3.31. The summed E-state index contributed by atoms with van der Waals surface area (Å²) in [6, 6.07) is 12.4. The molecule has 0 aliphatic rings. The highest BCUT2D eigenvalue weighted by Crippen LogP contribution is 2.19. The average molecular weight is 287 g/mol. The molecule has 0 unspecified atom stereocenters. The highest BCUT2D eigenvalue weighted by Gasteiger charge is 2.11. The number of halogens is 1. The van der Waals surface area contributed by atoms with Crippen molar-refractivity contribution >= 4 is 11.5 Å². The van der Waals surface area contributed by atoms with Gasteiger partial charge in [0.15, 0.2) is 5.84 Å². The van der Waals surface area contributed by atoms with Crippen molar-refractivity contribution < 1.29 is 9.60 Å². The Morgan fingerprint density at radius 1 is 1.29 bits per heavy atom. The summed E-state index contributed by atoms with van der Waals surface area (Å²) in [6.45, 7) is 2.55. The van der Waals surface area contributed by atoms with Crippen LogP contribution in [-0.2, 0) is 6.54 Å². The van der Waals surface area contributed by atoms with Crippen molar-refractivity contribution in [1.82, 2.24) is 0 Å². The fourth-order valence-electron chi connectivity index (χ4n) is 2.19. The number of nitrogens with two attached hydrogens (primary N) is 1. The number of hydrogen-bond acceptors (Lipinski definition) is 3. The zero-order valence-corrected chi connectivity index (χ0v) is 12.0. The van der Waals surface area contributed by atoms with E-state index in [4.69, 9.17) is 10.9 Å². The van der Waals surface area contributed by atoms with Crippen LogP contribution in [0.2, 0.25) is 0 Å². The molecule has 0 saturated heterocycles. The molecule has 2 aromatic carbocycles. The molecule has 0 aromatic heterocycles. The quantitative estimate of drug-likeness (QED) is 0.393. The average Bonchev–Trinajstić information content (AvgIpc) is 2.48. The number of benzene rings is 2. The maximum atomic E-state index is 13.4. The molecule has 2 rings (SSSR count). The number of amidine groups is 1. The van der Waals surface area contributed by atoms with Gasteiger partial charge in [-0.3, -0.25) is 0 Å². The zero-order valence-electron chi connectivity index (χ0n) is 12.0. The van der Waals surface area contributed by atoms with E-state index in [1.807, 2.05) is 37.1 Å². The van der Waals surface area contributed by atoms with Gasteiger partial charge in [-0.25, -0.2) is 4.39 Å². The Bertz CT molecular complexity index is 670. The van der Waals surface area contributed by atoms with E-state index < -0.39 is 5.82 Å². The molecule has 0 aliphatic heterocycles.